The number of fused-ring (bicyclic) bond motifs is 2. The first-order valence-corrected chi connectivity index (χ1v) is 10.7. The minimum Gasteiger partial charge on any atom is -0.493 e. The number of Topliss-reactive ketones (excluding diaryl/α,β-unsaturated/α-hetero) is 1. The van der Waals surface area contributed by atoms with Gasteiger partial charge in [-0.15, -0.1) is 0 Å². The Hall–Kier alpha value is -3.06. The predicted octanol–water partition coefficient (Wildman–Crippen LogP) is 4.60. The lowest BCUT2D eigenvalue weighted by Gasteiger charge is -2.29. The van der Waals surface area contributed by atoms with E-state index in [0.717, 1.165) is 16.8 Å². The second-order valence-electron chi connectivity index (χ2n) is 7.22. The number of benzene rings is 2. The first kappa shape index (κ1) is 21.2. The second kappa shape index (κ2) is 8.23. The van der Waals surface area contributed by atoms with Crippen LogP contribution in [0.2, 0.25) is 0 Å². The molecule has 0 aromatic heterocycles. The Balaban J connectivity index is 1.97. The molecule has 7 heteroatoms. The van der Waals surface area contributed by atoms with E-state index in [0.29, 0.717) is 38.4 Å². The molecule has 6 nitrogen and oxygen atoms in total. The summed E-state index contributed by atoms with van der Waals surface area (Å²) < 4.78 is 17.0. The van der Waals surface area contributed by atoms with Crippen LogP contribution in [0.25, 0.3) is 5.70 Å². The molecule has 0 amide bonds. The fraction of sp³-hybridized carbons (Fsp3) is 0.250. The average molecular weight is 484 g/mol. The van der Waals surface area contributed by atoms with Crippen molar-refractivity contribution in [1.82, 2.24) is 5.32 Å². The van der Waals surface area contributed by atoms with E-state index < -0.39 is 11.9 Å². The van der Waals surface area contributed by atoms with Gasteiger partial charge in [0.25, 0.3) is 0 Å². The van der Waals surface area contributed by atoms with Crippen LogP contribution in [0.5, 0.6) is 11.5 Å². The van der Waals surface area contributed by atoms with Gasteiger partial charge in [-0.2, -0.15) is 0 Å². The highest BCUT2D eigenvalue weighted by atomic mass is 79.9. The van der Waals surface area contributed by atoms with Gasteiger partial charge in [0.1, 0.15) is 0 Å². The number of nitrogens with one attached hydrogen (secondary N) is 1. The Bertz CT molecular complexity index is 1160. The molecule has 0 bridgehead atoms. The third-order valence-corrected chi connectivity index (χ3v) is 6.12. The van der Waals surface area contributed by atoms with Crippen LogP contribution >= 0.6 is 15.9 Å². The normalized spacial score (nSPS) is 17.2. The number of rotatable bonds is 5. The minimum absolute atomic E-state index is 0.108. The van der Waals surface area contributed by atoms with Crippen LogP contribution in [0.3, 0.4) is 0 Å². The number of hydrogen-bond acceptors (Lipinski definition) is 6. The molecule has 2 aliphatic rings. The molecular formula is C24H22BrNO5. The summed E-state index contributed by atoms with van der Waals surface area (Å²) in [5.41, 5.74) is 4.47. The Morgan fingerprint density at radius 1 is 1.13 bits per heavy atom. The second-order valence-corrected chi connectivity index (χ2v) is 8.07. The van der Waals surface area contributed by atoms with Crippen molar-refractivity contribution in [2.45, 2.75) is 19.8 Å². The first-order chi connectivity index (χ1) is 14.9. The van der Waals surface area contributed by atoms with Gasteiger partial charge >= 0.3 is 5.97 Å². The number of halogens is 1. The molecule has 31 heavy (non-hydrogen) atoms. The van der Waals surface area contributed by atoms with Crippen LogP contribution in [0.1, 0.15) is 41.3 Å². The fourth-order valence-electron chi connectivity index (χ4n) is 4.25. The van der Waals surface area contributed by atoms with Crippen molar-refractivity contribution in [3.8, 4) is 11.5 Å². The van der Waals surface area contributed by atoms with Gasteiger partial charge in [0, 0.05) is 28.3 Å². The molecule has 1 unspecified atom stereocenters. The van der Waals surface area contributed by atoms with Crippen molar-refractivity contribution in [2.75, 3.05) is 20.8 Å². The molecular weight excluding hydrogens is 462 g/mol. The summed E-state index contributed by atoms with van der Waals surface area (Å²) in [6.07, 6.45) is 0. The summed E-state index contributed by atoms with van der Waals surface area (Å²) >= 11 is 3.53. The third-order valence-electron chi connectivity index (χ3n) is 5.53. The molecule has 2 aromatic rings. The lowest BCUT2D eigenvalue weighted by atomic mass is 9.79. The molecule has 0 saturated heterocycles. The number of carbonyl (C=O) groups excluding carboxylic acids is 2. The van der Waals surface area contributed by atoms with Gasteiger partial charge in [0.2, 0.25) is 0 Å². The highest BCUT2D eigenvalue weighted by Gasteiger charge is 2.43. The van der Waals surface area contributed by atoms with Crippen LogP contribution in [-0.2, 0) is 9.53 Å². The molecule has 1 N–H and O–H groups in total. The molecule has 0 saturated carbocycles. The van der Waals surface area contributed by atoms with Crippen LogP contribution in [0.4, 0.5) is 0 Å². The number of ether oxygens (including phenoxy) is 3. The monoisotopic (exact) mass is 483 g/mol. The lowest BCUT2D eigenvalue weighted by Crippen LogP contribution is -2.29. The van der Waals surface area contributed by atoms with Crippen molar-refractivity contribution in [1.29, 1.82) is 0 Å². The van der Waals surface area contributed by atoms with E-state index in [9.17, 15) is 9.59 Å². The first-order valence-electron chi connectivity index (χ1n) is 9.87. The van der Waals surface area contributed by atoms with Gasteiger partial charge in [0.05, 0.1) is 36.6 Å². The van der Waals surface area contributed by atoms with Gasteiger partial charge in [-0.1, -0.05) is 24.3 Å². The maximum atomic E-state index is 13.5. The van der Waals surface area contributed by atoms with Gasteiger partial charge in [-0.05, 0) is 47.5 Å². The Kier molecular flexibility index (Phi) is 5.62. The van der Waals surface area contributed by atoms with Gasteiger partial charge < -0.3 is 19.5 Å². The molecule has 1 aliphatic heterocycles. The number of ketones is 1. The molecule has 0 spiro atoms. The van der Waals surface area contributed by atoms with E-state index in [2.05, 4.69) is 21.2 Å². The molecule has 4 rings (SSSR count). The maximum absolute atomic E-state index is 13.5. The maximum Gasteiger partial charge on any atom is 0.336 e. The zero-order valence-electron chi connectivity index (χ0n) is 17.7. The standard InChI is InChI=1S/C24H22BrNO5/c1-5-31-24(28)18-12(2)26-21-14-8-6-7-9-15(14)22(27)20(21)19(18)13-10-16(25)23(30-4)17(11-13)29-3/h6-11,19,26H,5H2,1-4H3. The number of carbonyl (C=O) groups is 2. The van der Waals surface area contributed by atoms with Crippen molar-refractivity contribution in [2.24, 2.45) is 0 Å². The van der Waals surface area contributed by atoms with Gasteiger partial charge in [0.15, 0.2) is 17.3 Å². The van der Waals surface area contributed by atoms with E-state index in [4.69, 9.17) is 14.2 Å². The summed E-state index contributed by atoms with van der Waals surface area (Å²) in [6.45, 7) is 3.82. The van der Waals surface area contributed by atoms with E-state index in [1.807, 2.05) is 31.2 Å². The average Bonchev–Trinajstić information content (AvgIpc) is 3.04. The van der Waals surface area contributed by atoms with Crippen LogP contribution in [0, 0.1) is 0 Å². The molecule has 1 aliphatic carbocycles. The fourth-order valence-corrected chi connectivity index (χ4v) is 4.87. The smallest absolute Gasteiger partial charge is 0.336 e. The molecule has 160 valence electrons. The zero-order chi connectivity index (χ0) is 22.3. The molecule has 2 aromatic carbocycles. The minimum atomic E-state index is -0.619. The van der Waals surface area contributed by atoms with Crippen molar-refractivity contribution < 1.29 is 23.8 Å². The quantitative estimate of drug-likeness (QED) is 0.626. The number of esters is 1. The van der Waals surface area contributed by atoms with Crippen molar-refractivity contribution in [3.63, 3.8) is 0 Å². The summed E-state index contributed by atoms with van der Waals surface area (Å²) in [6, 6.07) is 11.1. The van der Waals surface area contributed by atoms with E-state index >= 15 is 0 Å². The van der Waals surface area contributed by atoms with E-state index in [1.54, 1.807) is 33.3 Å². The SMILES string of the molecule is CCOC(=O)C1=C(C)NC2=C(C(=O)c3ccccc32)C1c1cc(Br)c(OC)c(OC)c1. The molecule has 1 atom stereocenters. The predicted molar refractivity (Wildman–Crippen MR) is 120 cm³/mol. The highest BCUT2D eigenvalue weighted by Crippen LogP contribution is 2.49. The van der Waals surface area contributed by atoms with E-state index in [-0.39, 0.29) is 12.4 Å². The molecule has 0 radical (unpaired) electrons. The van der Waals surface area contributed by atoms with Crippen LogP contribution < -0.4 is 14.8 Å². The summed E-state index contributed by atoms with van der Waals surface area (Å²) in [5.74, 6) is -0.154. The Labute approximate surface area is 189 Å². The van der Waals surface area contributed by atoms with Gasteiger partial charge in [-0.25, -0.2) is 4.79 Å². The summed E-state index contributed by atoms with van der Waals surface area (Å²) in [5, 5.41) is 3.29. The third kappa shape index (κ3) is 3.33. The van der Waals surface area contributed by atoms with Crippen LogP contribution in [0.15, 0.2) is 57.7 Å². The number of dihydropyridines is 1. The van der Waals surface area contributed by atoms with Crippen LogP contribution in [-0.4, -0.2) is 32.6 Å². The summed E-state index contributed by atoms with van der Waals surface area (Å²) in [4.78, 5) is 26.5. The molecule has 0 fully saturated rings. The number of methoxy groups -OCH3 is 2. The Morgan fingerprint density at radius 2 is 1.84 bits per heavy atom. The molecule has 1 heterocycles. The van der Waals surface area contributed by atoms with Crippen molar-refractivity contribution >= 4 is 33.4 Å². The van der Waals surface area contributed by atoms with Gasteiger partial charge in [-0.3, -0.25) is 4.79 Å². The number of allylic oxidation sites excluding steroid dienone is 2. The largest absolute Gasteiger partial charge is 0.493 e. The topological polar surface area (TPSA) is 73.9 Å². The Morgan fingerprint density at radius 3 is 2.48 bits per heavy atom. The van der Waals surface area contributed by atoms with Crippen molar-refractivity contribution in [3.05, 3.63) is 74.4 Å². The van der Waals surface area contributed by atoms with E-state index in [1.165, 1.54) is 0 Å². The number of hydrogen-bond donors (Lipinski definition) is 1. The summed E-state index contributed by atoms with van der Waals surface area (Å²) in [7, 11) is 3.10. The zero-order valence-corrected chi connectivity index (χ0v) is 19.3. The lowest BCUT2D eigenvalue weighted by molar-refractivity contribution is -0.138. The highest BCUT2D eigenvalue weighted by molar-refractivity contribution is 9.10.